The summed E-state index contributed by atoms with van der Waals surface area (Å²) in [6.07, 6.45) is 2.63. The summed E-state index contributed by atoms with van der Waals surface area (Å²) in [5.41, 5.74) is 1.01. The second-order valence-electron chi connectivity index (χ2n) is 4.58. The summed E-state index contributed by atoms with van der Waals surface area (Å²) < 4.78 is 19.3. The summed E-state index contributed by atoms with van der Waals surface area (Å²) in [4.78, 5) is 0. The van der Waals surface area contributed by atoms with Crippen molar-refractivity contribution >= 4 is 15.9 Å². The summed E-state index contributed by atoms with van der Waals surface area (Å²) in [5.74, 6) is 0.524. The molecule has 0 amide bonds. The van der Waals surface area contributed by atoms with Gasteiger partial charge in [-0.3, -0.25) is 0 Å². The van der Waals surface area contributed by atoms with Gasteiger partial charge in [0, 0.05) is 0 Å². The molecule has 4 heteroatoms. The molecule has 1 saturated carbocycles. The van der Waals surface area contributed by atoms with Gasteiger partial charge in [0.15, 0.2) is 0 Å². The highest BCUT2D eigenvalue weighted by atomic mass is 79.9. The Morgan fingerprint density at radius 1 is 1.47 bits per heavy atom. The zero-order valence-electron chi connectivity index (χ0n) is 9.88. The monoisotopic (exact) mass is 301 g/mol. The third-order valence-corrected chi connectivity index (χ3v) is 3.76. The molecule has 0 bridgehead atoms. The Morgan fingerprint density at radius 3 is 2.88 bits per heavy atom. The number of halogens is 2. The van der Waals surface area contributed by atoms with Gasteiger partial charge in [-0.05, 0) is 66.0 Å². The van der Waals surface area contributed by atoms with Crippen molar-refractivity contribution in [3.8, 4) is 0 Å². The van der Waals surface area contributed by atoms with E-state index in [-0.39, 0.29) is 5.82 Å². The van der Waals surface area contributed by atoms with Gasteiger partial charge in [0.1, 0.15) is 5.82 Å². The largest absolute Gasteiger partial charge is 0.374 e. The Hall–Kier alpha value is -0.450. The van der Waals surface area contributed by atoms with Crippen molar-refractivity contribution in [3.63, 3.8) is 0 Å². The van der Waals surface area contributed by atoms with E-state index in [1.807, 2.05) is 7.05 Å². The predicted molar refractivity (Wildman–Crippen MR) is 69.3 cm³/mol. The van der Waals surface area contributed by atoms with E-state index in [2.05, 4.69) is 21.2 Å². The Morgan fingerprint density at radius 2 is 2.24 bits per heavy atom. The van der Waals surface area contributed by atoms with Gasteiger partial charge in [-0.2, -0.15) is 0 Å². The maximum absolute atomic E-state index is 13.0. The number of benzene rings is 1. The van der Waals surface area contributed by atoms with Crippen LogP contribution in [0.4, 0.5) is 4.39 Å². The Bertz CT molecular complexity index is 380. The van der Waals surface area contributed by atoms with Crippen molar-refractivity contribution in [2.45, 2.75) is 25.6 Å². The van der Waals surface area contributed by atoms with E-state index >= 15 is 0 Å². The molecule has 1 aromatic carbocycles. The molecule has 0 radical (unpaired) electrons. The summed E-state index contributed by atoms with van der Waals surface area (Å²) in [5, 5.41) is 3.17. The van der Waals surface area contributed by atoms with Crippen LogP contribution < -0.4 is 5.32 Å². The highest BCUT2D eigenvalue weighted by Crippen LogP contribution is 2.30. The van der Waals surface area contributed by atoms with Crippen LogP contribution in [-0.2, 0) is 11.3 Å². The lowest BCUT2D eigenvalue weighted by molar-refractivity contribution is -0.0391. The fourth-order valence-electron chi connectivity index (χ4n) is 2.11. The predicted octanol–water partition coefficient (Wildman–Crippen LogP) is 3.10. The van der Waals surface area contributed by atoms with Crippen LogP contribution in [0.2, 0.25) is 0 Å². The molecule has 2 rings (SSSR count). The molecule has 1 aliphatic carbocycles. The molecular formula is C13H17BrFNO. The summed E-state index contributed by atoms with van der Waals surface area (Å²) in [6.45, 7) is 1.64. The van der Waals surface area contributed by atoms with Crippen molar-refractivity contribution < 1.29 is 9.13 Å². The van der Waals surface area contributed by atoms with Crippen LogP contribution in [0, 0.1) is 11.7 Å². The number of rotatable bonds is 5. The number of ether oxygens (including phenoxy) is 1. The number of nitrogens with one attached hydrogen (secondary N) is 1. The van der Waals surface area contributed by atoms with E-state index in [0.717, 1.165) is 30.9 Å². The van der Waals surface area contributed by atoms with E-state index in [1.165, 1.54) is 6.07 Å². The number of hydrogen-bond donors (Lipinski definition) is 1. The molecule has 0 aromatic heterocycles. The van der Waals surface area contributed by atoms with Crippen molar-refractivity contribution in [2.24, 2.45) is 5.92 Å². The third kappa shape index (κ3) is 3.50. The van der Waals surface area contributed by atoms with Gasteiger partial charge in [-0.1, -0.05) is 6.07 Å². The third-order valence-electron chi connectivity index (χ3n) is 3.15. The zero-order valence-corrected chi connectivity index (χ0v) is 11.5. The van der Waals surface area contributed by atoms with Crippen molar-refractivity contribution in [3.05, 3.63) is 34.1 Å². The molecular weight excluding hydrogens is 285 g/mol. The topological polar surface area (TPSA) is 21.3 Å². The van der Waals surface area contributed by atoms with E-state index in [4.69, 9.17) is 4.74 Å². The van der Waals surface area contributed by atoms with Gasteiger partial charge < -0.3 is 10.1 Å². The lowest BCUT2D eigenvalue weighted by Crippen LogP contribution is -2.36. The normalized spacial score (nSPS) is 23.5. The van der Waals surface area contributed by atoms with Gasteiger partial charge in [-0.25, -0.2) is 4.39 Å². The second-order valence-corrected chi connectivity index (χ2v) is 5.43. The standard InChI is InChI=1S/C13H17BrFNO/c1-16-7-10-4-11(5-10)17-8-9-2-3-13(15)12(14)6-9/h2-3,6,10-11,16H,4-5,7-8H2,1H3. The van der Waals surface area contributed by atoms with Crippen molar-refractivity contribution in [2.75, 3.05) is 13.6 Å². The molecule has 0 unspecified atom stereocenters. The zero-order chi connectivity index (χ0) is 12.3. The fraction of sp³-hybridized carbons (Fsp3) is 0.538. The van der Waals surface area contributed by atoms with Crippen molar-refractivity contribution in [1.29, 1.82) is 0 Å². The van der Waals surface area contributed by atoms with Gasteiger partial charge in [-0.15, -0.1) is 0 Å². The molecule has 0 heterocycles. The van der Waals surface area contributed by atoms with E-state index in [1.54, 1.807) is 12.1 Å². The van der Waals surface area contributed by atoms with Gasteiger partial charge >= 0.3 is 0 Å². The van der Waals surface area contributed by atoms with E-state index in [9.17, 15) is 4.39 Å². The van der Waals surface area contributed by atoms with E-state index < -0.39 is 0 Å². The minimum atomic E-state index is -0.230. The van der Waals surface area contributed by atoms with Crippen LogP contribution in [0.25, 0.3) is 0 Å². The molecule has 1 fully saturated rings. The molecule has 0 spiro atoms. The summed E-state index contributed by atoms with van der Waals surface area (Å²) >= 11 is 3.18. The Kier molecular flexibility index (Phi) is 4.54. The molecule has 1 aliphatic rings. The molecule has 1 N–H and O–H groups in total. The minimum Gasteiger partial charge on any atom is -0.374 e. The summed E-state index contributed by atoms with van der Waals surface area (Å²) in [7, 11) is 1.98. The van der Waals surface area contributed by atoms with Crippen LogP contribution in [-0.4, -0.2) is 19.7 Å². The SMILES string of the molecule is CNCC1CC(OCc2ccc(F)c(Br)c2)C1. The first-order valence-corrected chi connectivity index (χ1v) is 6.68. The Balaban J connectivity index is 1.74. The first kappa shape index (κ1) is 13.0. The average molecular weight is 302 g/mol. The van der Waals surface area contributed by atoms with Gasteiger partial charge in [0.25, 0.3) is 0 Å². The number of hydrogen-bond acceptors (Lipinski definition) is 2. The van der Waals surface area contributed by atoms with E-state index in [0.29, 0.717) is 17.2 Å². The first-order chi connectivity index (χ1) is 8.19. The molecule has 0 saturated heterocycles. The maximum Gasteiger partial charge on any atom is 0.137 e. The van der Waals surface area contributed by atoms with Crippen LogP contribution in [0.5, 0.6) is 0 Å². The average Bonchev–Trinajstić information content (AvgIpc) is 2.26. The highest BCUT2D eigenvalue weighted by Gasteiger charge is 2.28. The highest BCUT2D eigenvalue weighted by molar-refractivity contribution is 9.10. The van der Waals surface area contributed by atoms with Crippen LogP contribution in [0.15, 0.2) is 22.7 Å². The van der Waals surface area contributed by atoms with Crippen molar-refractivity contribution in [1.82, 2.24) is 5.32 Å². The molecule has 94 valence electrons. The van der Waals surface area contributed by atoms with Gasteiger partial charge in [0.05, 0.1) is 17.2 Å². The minimum absolute atomic E-state index is 0.230. The first-order valence-electron chi connectivity index (χ1n) is 5.89. The molecule has 2 nitrogen and oxygen atoms in total. The molecule has 1 aromatic rings. The molecule has 17 heavy (non-hydrogen) atoms. The smallest absolute Gasteiger partial charge is 0.137 e. The maximum atomic E-state index is 13.0. The Labute approximate surface area is 110 Å². The molecule has 0 aliphatic heterocycles. The quantitative estimate of drug-likeness (QED) is 0.902. The lowest BCUT2D eigenvalue weighted by Gasteiger charge is -2.35. The molecule has 0 atom stereocenters. The van der Waals surface area contributed by atoms with Gasteiger partial charge in [0.2, 0.25) is 0 Å². The lowest BCUT2D eigenvalue weighted by atomic mass is 9.82. The van der Waals surface area contributed by atoms with Crippen LogP contribution in [0.1, 0.15) is 18.4 Å². The second kappa shape index (κ2) is 5.94. The fourth-order valence-corrected chi connectivity index (χ4v) is 2.54. The van der Waals surface area contributed by atoms with Crippen LogP contribution >= 0.6 is 15.9 Å². The van der Waals surface area contributed by atoms with Crippen LogP contribution in [0.3, 0.4) is 0 Å². The summed E-state index contributed by atoms with van der Waals surface area (Å²) in [6, 6.07) is 5.01.